The fraction of sp³-hybridized carbons (Fsp3) is 0.700. The smallest absolute Gasteiger partial charge is 0.372 e. The third kappa shape index (κ3) is 3.77. The highest BCUT2D eigenvalue weighted by molar-refractivity contribution is 5.67. The Morgan fingerprint density at radius 1 is 1.21 bits per heavy atom. The number of hydrogen-bond donors (Lipinski definition) is 0. The van der Waals surface area contributed by atoms with E-state index in [0.29, 0.717) is 18.6 Å². The maximum Gasteiger partial charge on any atom is 0.372 e. The van der Waals surface area contributed by atoms with Gasteiger partial charge in [-0.1, -0.05) is 0 Å². The molecule has 1 aromatic heterocycles. The van der Waals surface area contributed by atoms with Crippen LogP contribution in [0.5, 0.6) is 0 Å². The Kier molecular flexibility index (Phi) is 5.19. The predicted octanol–water partition coefficient (Wildman–Crippen LogP) is 0.436. The van der Waals surface area contributed by atoms with E-state index in [1.807, 2.05) is 36.0 Å². The van der Waals surface area contributed by atoms with E-state index in [0.717, 1.165) is 29.7 Å². The van der Waals surface area contributed by atoms with Gasteiger partial charge in [-0.3, -0.25) is 0 Å². The van der Waals surface area contributed by atoms with Crippen molar-refractivity contribution < 1.29 is 26.5 Å². The number of carbonyl (C=O) groups is 1. The van der Waals surface area contributed by atoms with Crippen molar-refractivity contribution in [3.8, 4) is 0 Å². The second-order valence-corrected chi connectivity index (χ2v) is 8.44. The number of halogens is 1. The topological polar surface area (TPSA) is 30.2 Å². The van der Waals surface area contributed by atoms with E-state index >= 15 is 0 Å². The molecule has 0 aromatic carbocycles. The molecule has 4 saturated carbocycles. The van der Waals surface area contributed by atoms with Crippen LogP contribution in [-0.4, -0.2) is 12.6 Å². The summed E-state index contributed by atoms with van der Waals surface area (Å²) >= 11 is 0. The third-order valence-electron chi connectivity index (χ3n) is 6.38. The molecule has 4 aliphatic carbocycles. The maximum atomic E-state index is 12.1. The van der Waals surface area contributed by atoms with E-state index in [9.17, 15) is 4.79 Å². The standard InChI is InChI=1S/C20H28NO2.ClH/c1-15-3-2-5-21(13-15)14-19(22)23-6-4-20-10-16-7-17(11-20)9-18(8-16)12-20;/h2-3,5,13,16-18H,4,6-12,14H2,1H3;1H/q+1;/p-1. The van der Waals surface area contributed by atoms with Crippen molar-refractivity contribution in [2.75, 3.05) is 6.61 Å². The molecular weight excluding hydrogens is 322 g/mol. The fourth-order valence-corrected chi connectivity index (χ4v) is 5.92. The molecule has 1 heterocycles. The van der Waals surface area contributed by atoms with Gasteiger partial charge in [0.05, 0.1) is 6.61 Å². The Balaban J connectivity index is 0.00000169. The van der Waals surface area contributed by atoms with Gasteiger partial charge in [0, 0.05) is 11.6 Å². The summed E-state index contributed by atoms with van der Waals surface area (Å²) in [6, 6.07) is 4.01. The minimum Gasteiger partial charge on any atom is -1.00 e. The number of aryl methyl sites for hydroxylation is 1. The number of esters is 1. The predicted molar refractivity (Wildman–Crippen MR) is 87.6 cm³/mol. The largest absolute Gasteiger partial charge is 1.00 e. The number of pyridine rings is 1. The zero-order valence-electron chi connectivity index (χ0n) is 14.5. The maximum absolute atomic E-state index is 12.1. The van der Waals surface area contributed by atoms with Crippen LogP contribution in [-0.2, 0) is 16.1 Å². The van der Waals surface area contributed by atoms with Crippen molar-refractivity contribution in [3.63, 3.8) is 0 Å². The molecular formula is C20H28ClNO2. The van der Waals surface area contributed by atoms with E-state index in [1.54, 1.807) is 0 Å². The summed E-state index contributed by atoms with van der Waals surface area (Å²) in [6.07, 6.45) is 13.6. The van der Waals surface area contributed by atoms with Crippen LogP contribution in [0.1, 0.15) is 50.5 Å². The van der Waals surface area contributed by atoms with Crippen LogP contribution in [0, 0.1) is 30.1 Å². The van der Waals surface area contributed by atoms with Crippen LogP contribution in [0.15, 0.2) is 24.5 Å². The van der Waals surface area contributed by atoms with Gasteiger partial charge in [-0.2, -0.15) is 4.57 Å². The molecule has 0 atom stereocenters. The molecule has 4 aliphatic rings. The quantitative estimate of drug-likeness (QED) is 0.570. The lowest BCUT2D eigenvalue weighted by Crippen LogP contribution is -3.00. The van der Waals surface area contributed by atoms with Crippen molar-refractivity contribution >= 4 is 5.97 Å². The Labute approximate surface area is 151 Å². The summed E-state index contributed by atoms with van der Waals surface area (Å²) < 4.78 is 7.47. The van der Waals surface area contributed by atoms with Gasteiger partial charge in [-0.15, -0.1) is 0 Å². The van der Waals surface area contributed by atoms with Gasteiger partial charge < -0.3 is 17.1 Å². The van der Waals surface area contributed by atoms with E-state index in [4.69, 9.17) is 4.74 Å². The average Bonchev–Trinajstić information content (AvgIpc) is 2.45. The van der Waals surface area contributed by atoms with Crippen molar-refractivity contribution in [1.29, 1.82) is 0 Å². The first kappa shape index (κ1) is 17.7. The minimum absolute atomic E-state index is 0. The Hall–Kier alpha value is -1.09. The Morgan fingerprint density at radius 3 is 2.42 bits per heavy atom. The number of carbonyl (C=O) groups excluding carboxylic acids is 1. The molecule has 24 heavy (non-hydrogen) atoms. The average molecular weight is 350 g/mol. The van der Waals surface area contributed by atoms with E-state index < -0.39 is 0 Å². The monoisotopic (exact) mass is 349 g/mol. The molecule has 0 aliphatic heterocycles. The lowest BCUT2D eigenvalue weighted by Gasteiger charge is -2.57. The molecule has 0 saturated heterocycles. The molecule has 0 amide bonds. The number of nitrogens with zero attached hydrogens (tertiary/aromatic N) is 1. The SMILES string of the molecule is Cc1ccc[n+](CC(=O)OCCC23CC4CC(CC(C4)C2)C3)c1.[Cl-]. The number of hydrogen-bond acceptors (Lipinski definition) is 2. The van der Waals surface area contributed by atoms with Gasteiger partial charge in [0.1, 0.15) is 0 Å². The van der Waals surface area contributed by atoms with E-state index in [1.165, 1.54) is 38.5 Å². The van der Waals surface area contributed by atoms with Gasteiger partial charge in [0.25, 0.3) is 0 Å². The molecule has 132 valence electrons. The highest BCUT2D eigenvalue weighted by Crippen LogP contribution is 2.61. The lowest BCUT2D eigenvalue weighted by molar-refractivity contribution is -0.686. The minimum atomic E-state index is -0.106. The number of aromatic nitrogens is 1. The van der Waals surface area contributed by atoms with Crippen molar-refractivity contribution in [1.82, 2.24) is 0 Å². The fourth-order valence-electron chi connectivity index (χ4n) is 5.92. The van der Waals surface area contributed by atoms with E-state index in [-0.39, 0.29) is 18.4 Å². The number of rotatable bonds is 5. The van der Waals surface area contributed by atoms with Crippen molar-refractivity contribution in [2.24, 2.45) is 23.2 Å². The van der Waals surface area contributed by atoms with Crippen molar-refractivity contribution in [3.05, 3.63) is 30.1 Å². The first-order chi connectivity index (χ1) is 11.1. The summed E-state index contributed by atoms with van der Waals surface area (Å²) in [4.78, 5) is 12.1. The van der Waals surface area contributed by atoms with Gasteiger partial charge in [-0.05, 0) is 81.1 Å². The molecule has 4 bridgehead atoms. The van der Waals surface area contributed by atoms with Gasteiger partial charge in [0.2, 0.25) is 6.54 Å². The molecule has 1 aromatic rings. The molecule has 0 N–H and O–H groups in total. The lowest BCUT2D eigenvalue weighted by atomic mass is 9.49. The van der Waals surface area contributed by atoms with Crippen LogP contribution in [0.25, 0.3) is 0 Å². The van der Waals surface area contributed by atoms with Crippen LogP contribution in [0.2, 0.25) is 0 Å². The molecule has 4 heteroatoms. The Bertz CT molecular complexity index is 566. The summed E-state index contributed by atoms with van der Waals surface area (Å²) in [7, 11) is 0. The van der Waals surface area contributed by atoms with Crippen LogP contribution in [0.3, 0.4) is 0 Å². The van der Waals surface area contributed by atoms with Crippen LogP contribution >= 0.6 is 0 Å². The highest BCUT2D eigenvalue weighted by Gasteiger charge is 2.50. The first-order valence-electron chi connectivity index (χ1n) is 9.22. The zero-order chi connectivity index (χ0) is 15.9. The van der Waals surface area contributed by atoms with Gasteiger partial charge >= 0.3 is 5.97 Å². The Morgan fingerprint density at radius 2 is 1.83 bits per heavy atom. The molecule has 0 unspecified atom stereocenters. The molecule has 3 nitrogen and oxygen atoms in total. The zero-order valence-corrected chi connectivity index (χ0v) is 15.3. The van der Waals surface area contributed by atoms with Gasteiger partial charge in [-0.25, -0.2) is 4.79 Å². The summed E-state index contributed by atoms with van der Waals surface area (Å²) in [5.74, 6) is 2.81. The normalized spacial score (nSPS) is 33.1. The molecule has 0 spiro atoms. The summed E-state index contributed by atoms with van der Waals surface area (Å²) in [6.45, 7) is 2.97. The molecule has 0 radical (unpaired) electrons. The van der Waals surface area contributed by atoms with Crippen LogP contribution in [0.4, 0.5) is 0 Å². The summed E-state index contributed by atoms with van der Waals surface area (Å²) in [5, 5.41) is 0. The first-order valence-corrected chi connectivity index (χ1v) is 9.22. The second-order valence-electron chi connectivity index (χ2n) is 8.44. The van der Waals surface area contributed by atoms with Gasteiger partial charge in [0.15, 0.2) is 12.4 Å². The molecule has 5 rings (SSSR count). The molecule has 4 fully saturated rings. The number of ether oxygens (including phenoxy) is 1. The van der Waals surface area contributed by atoms with Crippen molar-refractivity contribution in [2.45, 2.75) is 58.4 Å². The van der Waals surface area contributed by atoms with Crippen LogP contribution < -0.4 is 17.0 Å². The summed E-state index contributed by atoms with van der Waals surface area (Å²) in [5.41, 5.74) is 1.67. The highest BCUT2D eigenvalue weighted by atomic mass is 35.5. The van der Waals surface area contributed by atoms with E-state index in [2.05, 4.69) is 0 Å². The third-order valence-corrected chi connectivity index (χ3v) is 6.38. The second kappa shape index (κ2) is 7.03.